The van der Waals surface area contributed by atoms with Gasteiger partial charge in [-0.05, 0) is 25.5 Å². The normalized spacial score (nSPS) is 26.6. The highest BCUT2D eigenvalue weighted by Crippen LogP contribution is 2.34. The van der Waals surface area contributed by atoms with Crippen molar-refractivity contribution in [3.63, 3.8) is 0 Å². The van der Waals surface area contributed by atoms with Gasteiger partial charge >= 0.3 is 0 Å². The first-order valence-corrected chi connectivity index (χ1v) is 8.44. The third kappa shape index (κ3) is 3.07. The number of thioether (sulfide) groups is 1. The standard InChI is InChI=1S/C14H24N2O2S/c1-3-19-9-8-16-11(2)10-12(17)15-14(13(16)18)6-4-5-7-14/h11H,3-10H2,1-2H3,(H,15,17). The fourth-order valence-corrected chi connectivity index (χ4v) is 3.79. The smallest absolute Gasteiger partial charge is 0.248 e. The van der Waals surface area contributed by atoms with Crippen LogP contribution in [-0.4, -0.2) is 46.3 Å². The lowest BCUT2D eigenvalue weighted by atomic mass is 9.95. The molecule has 1 aliphatic heterocycles. The van der Waals surface area contributed by atoms with E-state index in [2.05, 4.69) is 12.2 Å². The second kappa shape index (κ2) is 6.16. The van der Waals surface area contributed by atoms with E-state index in [-0.39, 0.29) is 17.9 Å². The molecule has 4 nitrogen and oxygen atoms in total. The van der Waals surface area contributed by atoms with Gasteiger partial charge in [0.15, 0.2) is 0 Å². The van der Waals surface area contributed by atoms with Crippen LogP contribution < -0.4 is 5.32 Å². The van der Waals surface area contributed by atoms with Gasteiger partial charge in [0, 0.05) is 24.8 Å². The second-order valence-electron chi connectivity index (χ2n) is 5.59. The Balaban J connectivity index is 2.14. The summed E-state index contributed by atoms with van der Waals surface area (Å²) in [7, 11) is 0. The molecule has 0 bridgehead atoms. The number of hydrogen-bond donors (Lipinski definition) is 1. The molecule has 1 atom stereocenters. The maximum Gasteiger partial charge on any atom is 0.248 e. The number of amides is 2. The Morgan fingerprint density at radius 3 is 2.68 bits per heavy atom. The fourth-order valence-electron chi connectivity index (χ4n) is 3.17. The van der Waals surface area contributed by atoms with Crippen molar-refractivity contribution >= 4 is 23.6 Å². The van der Waals surface area contributed by atoms with Crippen molar-refractivity contribution in [1.82, 2.24) is 10.2 Å². The van der Waals surface area contributed by atoms with Crippen LogP contribution in [0.3, 0.4) is 0 Å². The molecule has 1 heterocycles. The van der Waals surface area contributed by atoms with Gasteiger partial charge in [-0.2, -0.15) is 11.8 Å². The minimum absolute atomic E-state index is 0.0185. The Hall–Kier alpha value is -0.710. The molecule has 1 spiro atoms. The lowest BCUT2D eigenvalue weighted by Gasteiger charge is -2.34. The fraction of sp³-hybridized carbons (Fsp3) is 0.857. The number of carbonyl (C=O) groups is 2. The van der Waals surface area contributed by atoms with E-state index in [0.717, 1.165) is 43.7 Å². The van der Waals surface area contributed by atoms with Crippen LogP contribution in [0, 0.1) is 0 Å². The molecule has 0 aromatic rings. The summed E-state index contributed by atoms with van der Waals surface area (Å²) >= 11 is 1.85. The third-order valence-corrected chi connectivity index (χ3v) is 5.08. The van der Waals surface area contributed by atoms with Crippen molar-refractivity contribution in [2.24, 2.45) is 0 Å². The van der Waals surface area contributed by atoms with Crippen LogP contribution in [0.15, 0.2) is 0 Å². The molecule has 1 aliphatic carbocycles. The SMILES string of the molecule is CCSCCN1C(=O)C2(CCCC2)NC(=O)CC1C. The molecule has 1 unspecified atom stereocenters. The largest absolute Gasteiger partial charge is 0.342 e. The zero-order valence-corrected chi connectivity index (χ0v) is 12.7. The molecule has 2 rings (SSSR count). The molecule has 1 N–H and O–H groups in total. The number of nitrogens with one attached hydrogen (secondary N) is 1. The first-order valence-electron chi connectivity index (χ1n) is 7.29. The number of hydrogen-bond acceptors (Lipinski definition) is 3. The van der Waals surface area contributed by atoms with E-state index >= 15 is 0 Å². The van der Waals surface area contributed by atoms with E-state index in [9.17, 15) is 9.59 Å². The summed E-state index contributed by atoms with van der Waals surface area (Å²) in [5.74, 6) is 2.21. The predicted octanol–water partition coefficient (Wildman–Crippen LogP) is 1.79. The van der Waals surface area contributed by atoms with Crippen LogP contribution in [0.4, 0.5) is 0 Å². The van der Waals surface area contributed by atoms with Crippen molar-refractivity contribution in [2.75, 3.05) is 18.1 Å². The second-order valence-corrected chi connectivity index (χ2v) is 6.98. The third-order valence-electron chi connectivity index (χ3n) is 4.20. The van der Waals surface area contributed by atoms with E-state index in [0.29, 0.717) is 6.42 Å². The van der Waals surface area contributed by atoms with Gasteiger partial charge in [0.2, 0.25) is 11.8 Å². The molecular formula is C14H24N2O2S. The molecule has 5 heteroatoms. The number of rotatable bonds is 4. The van der Waals surface area contributed by atoms with Crippen molar-refractivity contribution < 1.29 is 9.59 Å². The zero-order chi connectivity index (χ0) is 13.9. The minimum atomic E-state index is -0.585. The minimum Gasteiger partial charge on any atom is -0.342 e. The summed E-state index contributed by atoms with van der Waals surface area (Å²) in [6.07, 6.45) is 4.13. The highest BCUT2D eigenvalue weighted by molar-refractivity contribution is 7.99. The highest BCUT2D eigenvalue weighted by Gasteiger charge is 2.47. The number of nitrogens with zero attached hydrogens (tertiary/aromatic N) is 1. The maximum absolute atomic E-state index is 12.8. The van der Waals surface area contributed by atoms with Gasteiger partial charge in [-0.1, -0.05) is 19.8 Å². The summed E-state index contributed by atoms with van der Waals surface area (Å²) in [5, 5.41) is 3.02. The van der Waals surface area contributed by atoms with Crippen LogP contribution in [0.5, 0.6) is 0 Å². The van der Waals surface area contributed by atoms with Gasteiger partial charge in [0.1, 0.15) is 5.54 Å². The van der Waals surface area contributed by atoms with Gasteiger partial charge < -0.3 is 10.2 Å². The molecule has 0 aromatic carbocycles. The van der Waals surface area contributed by atoms with Gasteiger partial charge in [0.05, 0.1) is 0 Å². The summed E-state index contributed by atoms with van der Waals surface area (Å²) in [6.45, 7) is 4.87. The topological polar surface area (TPSA) is 49.4 Å². The van der Waals surface area contributed by atoms with E-state index in [1.165, 1.54) is 0 Å². The Labute approximate surface area is 119 Å². The average Bonchev–Trinajstić information content (AvgIpc) is 2.80. The van der Waals surface area contributed by atoms with E-state index < -0.39 is 5.54 Å². The first kappa shape index (κ1) is 14.7. The summed E-state index contributed by atoms with van der Waals surface area (Å²) < 4.78 is 0. The molecular weight excluding hydrogens is 260 g/mol. The van der Waals surface area contributed by atoms with Crippen molar-refractivity contribution in [2.45, 2.75) is 57.5 Å². The van der Waals surface area contributed by atoms with Crippen LogP contribution in [0.2, 0.25) is 0 Å². The Morgan fingerprint density at radius 1 is 1.37 bits per heavy atom. The van der Waals surface area contributed by atoms with E-state index in [1.54, 1.807) is 0 Å². The quantitative estimate of drug-likeness (QED) is 0.801. The van der Waals surface area contributed by atoms with Crippen LogP contribution in [-0.2, 0) is 9.59 Å². The number of carbonyl (C=O) groups excluding carboxylic acids is 2. The van der Waals surface area contributed by atoms with Crippen molar-refractivity contribution in [3.05, 3.63) is 0 Å². The Bertz CT molecular complexity index is 353. The molecule has 19 heavy (non-hydrogen) atoms. The lowest BCUT2D eigenvalue weighted by molar-refractivity contribution is -0.139. The predicted molar refractivity (Wildman–Crippen MR) is 78.1 cm³/mol. The molecule has 2 fully saturated rings. The monoisotopic (exact) mass is 284 g/mol. The summed E-state index contributed by atoms with van der Waals surface area (Å²) in [4.78, 5) is 26.7. The van der Waals surface area contributed by atoms with Gasteiger partial charge in [0.25, 0.3) is 0 Å². The van der Waals surface area contributed by atoms with Gasteiger partial charge in [-0.25, -0.2) is 0 Å². The summed E-state index contributed by atoms with van der Waals surface area (Å²) in [5.41, 5.74) is -0.585. The molecule has 108 valence electrons. The molecule has 0 radical (unpaired) electrons. The van der Waals surface area contributed by atoms with Crippen LogP contribution in [0.1, 0.15) is 46.0 Å². The van der Waals surface area contributed by atoms with E-state index in [4.69, 9.17) is 0 Å². The van der Waals surface area contributed by atoms with Gasteiger partial charge in [-0.15, -0.1) is 0 Å². The first-order chi connectivity index (χ1) is 9.09. The molecule has 1 saturated carbocycles. The van der Waals surface area contributed by atoms with Crippen LogP contribution >= 0.6 is 11.8 Å². The Kier molecular flexibility index (Phi) is 4.76. The molecule has 1 saturated heterocycles. The molecule has 0 aromatic heterocycles. The van der Waals surface area contributed by atoms with Gasteiger partial charge in [-0.3, -0.25) is 9.59 Å². The van der Waals surface area contributed by atoms with Crippen molar-refractivity contribution in [1.29, 1.82) is 0 Å². The molecule has 2 amide bonds. The van der Waals surface area contributed by atoms with E-state index in [1.807, 2.05) is 23.6 Å². The lowest BCUT2D eigenvalue weighted by Crippen LogP contribution is -2.56. The summed E-state index contributed by atoms with van der Waals surface area (Å²) in [6, 6.07) is 0.0185. The Morgan fingerprint density at radius 2 is 2.05 bits per heavy atom. The van der Waals surface area contributed by atoms with Crippen molar-refractivity contribution in [3.8, 4) is 0 Å². The maximum atomic E-state index is 12.8. The molecule has 2 aliphatic rings. The highest BCUT2D eigenvalue weighted by atomic mass is 32.2. The average molecular weight is 284 g/mol. The zero-order valence-electron chi connectivity index (χ0n) is 11.9. The van der Waals surface area contributed by atoms with Crippen LogP contribution in [0.25, 0.3) is 0 Å².